The number of carbonyl (C=O) groups excluding carboxylic acids is 7. The number of hydrogen-bond donors (Lipinski definition) is 17. The monoisotopic (exact) mass is 1200 g/mol. The fraction of sp³-hybridized carbons (Fsp3) is 0.638. The van der Waals surface area contributed by atoms with E-state index in [0.717, 1.165) is 30.9 Å². The van der Waals surface area contributed by atoms with E-state index in [1.165, 1.54) is 0 Å². The molecule has 84 heavy (non-hydrogen) atoms. The number of nitrogens with two attached hydrogens (primary N) is 4. The van der Waals surface area contributed by atoms with Crippen molar-refractivity contribution in [3.8, 4) is 12.3 Å². The number of aliphatic hydroxyl groups excluding tert-OH is 4. The number of guanidine groups is 2. The maximum absolute atomic E-state index is 13.2. The molecule has 2 aliphatic rings. The molecule has 0 saturated carbocycles. The lowest BCUT2D eigenvalue weighted by Gasteiger charge is -2.39. The summed E-state index contributed by atoms with van der Waals surface area (Å²) in [6, 6.07) is -5.37. The smallest absolute Gasteiger partial charge is 0.407 e. The molecule has 0 saturated heterocycles. The van der Waals surface area contributed by atoms with E-state index in [1.807, 2.05) is 0 Å². The highest BCUT2D eigenvalue weighted by Crippen LogP contribution is 2.28. The number of aliphatic carboxylic acids is 2. The van der Waals surface area contributed by atoms with E-state index in [0.29, 0.717) is 19.8 Å². The van der Waals surface area contributed by atoms with Gasteiger partial charge in [0.05, 0.1) is 103 Å². The lowest BCUT2D eigenvalue weighted by Crippen LogP contribution is -2.61. The second-order valence-corrected chi connectivity index (χ2v) is 17.8. The Bertz CT molecular complexity index is 2220. The SMILES string of the molecule is C#CCOCCOCCOCCOCCNC(=O)CN(CC(=O)NCCNC(=O)O[C@@H]([C@@H]1OC(C(=O)O)=C[C@H](N=C(N)N)[C@H]1NC(C)=O)[C@H](O)CO)CC(=O)NCCNC(=O)O[C@@H]([C@@H]1OC(C(=O)O)=C[C@H](N=C(N)N)[C@H]1NC(C)=O)[C@H](O)CO. The third kappa shape index (κ3) is 28.1. The van der Waals surface area contributed by atoms with Crippen molar-refractivity contribution < 1.29 is 112 Å². The van der Waals surface area contributed by atoms with Crippen LogP contribution in [0.3, 0.4) is 0 Å². The van der Waals surface area contributed by atoms with E-state index in [-0.39, 0.29) is 65.8 Å². The van der Waals surface area contributed by atoms with Gasteiger partial charge in [-0.2, -0.15) is 0 Å². The molecule has 7 amide bonds. The van der Waals surface area contributed by atoms with Gasteiger partial charge in [0, 0.05) is 46.6 Å². The molecule has 0 fully saturated rings. The normalized spacial score (nSPS) is 19.4. The minimum atomic E-state index is -1.93. The summed E-state index contributed by atoms with van der Waals surface area (Å²) in [5.41, 5.74) is 22.1. The maximum atomic E-state index is 13.2. The molecule has 0 bridgehead atoms. The predicted molar refractivity (Wildman–Crippen MR) is 286 cm³/mol. The molecule has 0 aromatic heterocycles. The number of carboxylic acids is 2. The minimum absolute atomic E-state index is 0.00578. The second kappa shape index (κ2) is 39.2. The van der Waals surface area contributed by atoms with Crippen LogP contribution in [0.1, 0.15) is 13.8 Å². The van der Waals surface area contributed by atoms with Crippen molar-refractivity contribution in [2.45, 2.75) is 74.6 Å². The average molecular weight is 1210 g/mol. The zero-order chi connectivity index (χ0) is 62.7. The van der Waals surface area contributed by atoms with Gasteiger partial charge < -0.3 is 129 Å². The predicted octanol–water partition coefficient (Wildman–Crippen LogP) is -9.74. The molecule has 2 aliphatic heterocycles. The largest absolute Gasteiger partial charge is 0.477 e. The Labute approximate surface area is 480 Å². The summed E-state index contributed by atoms with van der Waals surface area (Å²) in [5, 5.41) is 77.4. The topological polar surface area (TPSA) is 565 Å². The summed E-state index contributed by atoms with van der Waals surface area (Å²) in [7, 11) is 0. The van der Waals surface area contributed by atoms with Crippen LogP contribution in [0.2, 0.25) is 0 Å². The maximum Gasteiger partial charge on any atom is 0.407 e. The third-order valence-corrected chi connectivity index (χ3v) is 11.0. The highest BCUT2D eigenvalue weighted by Gasteiger charge is 2.48. The first-order valence-electron chi connectivity index (χ1n) is 25.6. The Morgan fingerprint density at radius 2 is 0.929 bits per heavy atom. The van der Waals surface area contributed by atoms with Gasteiger partial charge in [-0.25, -0.2) is 29.2 Å². The number of nitrogens with zero attached hydrogens (tertiary/aromatic N) is 3. The number of ether oxygens (including phenoxy) is 8. The lowest BCUT2D eigenvalue weighted by atomic mass is 9.92. The Kier molecular flexibility index (Phi) is 33.5. The van der Waals surface area contributed by atoms with Crippen LogP contribution < -0.4 is 60.2 Å². The first-order chi connectivity index (χ1) is 39.9. The van der Waals surface area contributed by atoms with Gasteiger partial charge in [-0.3, -0.25) is 28.9 Å². The molecular weight excluding hydrogens is 1130 g/mol. The quantitative estimate of drug-likeness (QED) is 0.0118. The van der Waals surface area contributed by atoms with Crippen molar-refractivity contribution in [2.75, 3.05) is 118 Å². The van der Waals surface area contributed by atoms with E-state index in [2.05, 4.69) is 53.1 Å². The van der Waals surface area contributed by atoms with Crippen molar-refractivity contribution in [1.29, 1.82) is 0 Å². The number of aliphatic imine (C=N–C) groups is 2. The summed E-state index contributed by atoms with van der Waals surface area (Å²) in [5.74, 6) is -7.05. The van der Waals surface area contributed by atoms with Crippen LogP contribution in [0, 0.1) is 12.3 Å². The van der Waals surface area contributed by atoms with E-state index in [1.54, 1.807) is 0 Å². The van der Waals surface area contributed by atoms with E-state index >= 15 is 0 Å². The number of rotatable bonds is 39. The molecule has 0 aromatic rings. The van der Waals surface area contributed by atoms with Crippen LogP contribution in [0.5, 0.6) is 0 Å². The van der Waals surface area contributed by atoms with Crippen molar-refractivity contribution in [2.24, 2.45) is 32.9 Å². The molecule has 0 spiro atoms. The number of amides is 7. The molecular formula is C47H76N14O23. The molecule has 472 valence electrons. The Hall–Kier alpha value is -8.35. The molecule has 0 aliphatic carbocycles. The van der Waals surface area contributed by atoms with Crippen LogP contribution in [-0.2, 0) is 71.5 Å². The fourth-order valence-electron chi connectivity index (χ4n) is 7.59. The van der Waals surface area contributed by atoms with Crippen LogP contribution in [0.4, 0.5) is 9.59 Å². The molecule has 0 unspecified atom stereocenters. The van der Waals surface area contributed by atoms with E-state index < -0.39 is 171 Å². The number of alkyl carbamates (subject to hydrolysis) is 2. The summed E-state index contributed by atoms with van der Waals surface area (Å²) >= 11 is 0. The highest BCUT2D eigenvalue weighted by atomic mass is 16.6. The van der Waals surface area contributed by atoms with Crippen molar-refractivity contribution in [3.05, 3.63) is 23.7 Å². The summed E-state index contributed by atoms with van der Waals surface area (Å²) < 4.78 is 43.0. The molecule has 2 rings (SSSR count). The van der Waals surface area contributed by atoms with Crippen molar-refractivity contribution in [3.63, 3.8) is 0 Å². The second-order valence-electron chi connectivity index (χ2n) is 17.8. The first kappa shape index (κ1) is 71.8. The van der Waals surface area contributed by atoms with Gasteiger partial charge in [0.2, 0.25) is 41.1 Å². The number of hydrogen-bond acceptors (Lipinski definition) is 24. The number of aliphatic hydroxyl groups is 4. The van der Waals surface area contributed by atoms with Gasteiger partial charge in [0.25, 0.3) is 0 Å². The summed E-state index contributed by atoms with van der Waals surface area (Å²) in [4.78, 5) is 123. The summed E-state index contributed by atoms with van der Waals surface area (Å²) in [6.07, 6.45) is -6.57. The van der Waals surface area contributed by atoms with Crippen LogP contribution in [-0.4, -0.2) is 280 Å². The number of carbonyl (C=O) groups is 9. The van der Waals surface area contributed by atoms with E-state index in [4.69, 9.17) is 67.3 Å². The van der Waals surface area contributed by atoms with Crippen LogP contribution >= 0.6 is 0 Å². The number of carboxylic acid groups (broad SMARTS) is 2. The Morgan fingerprint density at radius 3 is 1.26 bits per heavy atom. The molecule has 0 aromatic carbocycles. The highest BCUT2D eigenvalue weighted by molar-refractivity contribution is 5.87. The van der Waals surface area contributed by atoms with E-state index in [9.17, 15) is 73.8 Å². The molecule has 37 heteroatoms. The lowest BCUT2D eigenvalue weighted by molar-refractivity contribution is -0.147. The van der Waals surface area contributed by atoms with Gasteiger partial charge in [0.1, 0.15) is 18.8 Å². The van der Waals surface area contributed by atoms with Gasteiger partial charge in [0.15, 0.2) is 36.3 Å². The number of terminal acetylenes is 1. The van der Waals surface area contributed by atoms with Gasteiger partial charge in [-0.1, -0.05) is 5.92 Å². The molecule has 37 nitrogen and oxygen atoms in total. The summed E-state index contributed by atoms with van der Waals surface area (Å²) in [6.45, 7) is -1.15. The van der Waals surface area contributed by atoms with Crippen molar-refractivity contribution in [1.82, 2.24) is 42.1 Å². The molecule has 2 heterocycles. The van der Waals surface area contributed by atoms with Crippen LogP contribution in [0.25, 0.3) is 0 Å². The standard InChI is InChI=1S/C47H76N14O23/c1-4-10-77-12-14-79-16-17-80-15-13-78-11-9-54-35(70)22-61(20-33(68)52-5-7-55-46(75)83-38(29(66)23-62)40-36(57-25(2)64)27(59-44(48)49)18-31(81-40)42(71)72)21-34(69)53-6-8-56-47(76)84-39(30(67)24-63)41-37(58-26(3)65)28(60-45(50)51)19-32(82-41)43(73)74/h1,18-19,27-30,36-41,62-63,66-67H,5-17,20-24H2,2-3H3,(H,52,68)(H,53,69)(H,54,70)(H,55,75)(H,56,76)(H,57,64)(H,58,65)(H,71,72)(H,73,74)(H4,48,49,59)(H4,50,51,60)/t27-,28-,29+,30+,36+,37+,38+,39+,40+,41+/m0/s1. The van der Waals surface area contributed by atoms with Crippen molar-refractivity contribution >= 4 is 65.6 Å². The zero-order valence-corrected chi connectivity index (χ0v) is 46.0. The average Bonchev–Trinajstić information content (AvgIpc) is 2.38. The Balaban J connectivity index is 2.11. The minimum Gasteiger partial charge on any atom is -0.477 e. The van der Waals surface area contributed by atoms with Gasteiger partial charge in [-0.05, 0) is 12.2 Å². The van der Waals surface area contributed by atoms with Gasteiger partial charge in [-0.15, -0.1) is 6.42 Å². The Morgan fingerprint density at radius 1 is 0.583 bits per heavy atom. The van der Waals surface area contributed by atoms with Gasteiger partial charge >= 0.3 is 24.1 Å². The third-order valence-electron chi connectivity index (χ3n) is 11.0. The van der Waals surface area contributed by atoms with Crippen LogP contribution in [0.15, 0.2) is 33.7 Å². The first-order valence-corrected chi connectivity index (χ1v) is 25.6. The fourth-order valence-corrected chi connectivity index (χ4v) is 7.59. The zero-order valence-electron chi connectivity index (χ0n) is 46.0. The molecule has 0 radical (unpaired) electrons. The number of nitrogens with one attached hydrogen (secondary N) is 7. The molecule has 10 atom stereocenters. The molecule has 21 N–H and O–H groups in total.